The predicted octanol–water partition coefficient (Wildman–Crippen LogP) is 1.91. The minimum absolute atomic E-state index is 0.0176. The van der Waals surface area contributed by atoms with Crippen molar-refractivity contribution in [2.75, 3.05) is 7.11 Å². The average Bonchev–Trinajstić information content (AvgIpc) is 2.67. The highest BCUT2D eigenvalue weighted by molar-refractivity contribution is 6.04. The van der Waals surface area contributed by atoms with Crippen molar-refractivity contribution in [3.63, 3.8) is 0 Å². The SMILES string of the molecule is COc1ccc(CN2C(=O)NC(C(C)C)C2=O)cc1F. The monoisotopic (exact) mass is 280 g/mol. The van der Waals surface area contributed by atoms with Gasteiger partial charge in [0.25, 0.3) is 5.91 Å². The van der Waals surface area contributed by atoms with Crippen LogP contribution >= 0.6 is 0 Å². The van der Waals surface area contributed by atoms with Crippen LogP contribution in [0.3, 0.4) is 0 Å². The molecule has 1 unspecified atom stereocenters. The van der Waals surface area contributed by atoms with Gasteiger partial charge in [-0.2, -0.15) is 0 Å². The third-order valence-corrected chi connectivity index (χ3v) is 3.28. The molecule has 1 aliphatic heterocycles. The summed E-state index contributed by atoms with van der Waals surface area (Å²) in [6, 6.07) is 3.42. The maximum Gasteiger partial charge on any atom is 0.325 e. The van der Waals surface area contributed by atoms with E-state index in [9.17, 15) is 14.0 Å². The number of benzene rings is 1. The number of urea groups is 1. The molecule has 6 heteroatoms. The molecule has 0 bridgehead atoms. The zero-order valence-corrected chi connectivity index (χ0v) is 11.6. The number of carbonyl (C=O) groups excluding carboxylic acids is 2. The minimum Gasteiger partial charge on any atom is -0.494 e. The third-order valence-electron chi connectivity index (χ3n) is 3.28. The van der Waals surface area contributed by atoms with Crippen molar-refractivity contribution in [3.05, 3.63) is 29.6 Å². The zero-order chi connectivity index (χ0) is 14.9. The molecule has 1 aliphatic rings. The quantitative estimate of drug-likeness (QED) is 0.857. The molecule has 0 spiro atoms. The van der Waals surface area contributed by atoms with E-state index < -0.39 is 17.9 Å². The van der Waals surface area contributed by atoms with Crippen molar-refractivity contribution in [2.45, 2.75) is 26.4 Å². The van der Waals surface area contributed by atoms with E-state index in [1.807, 2.05) is 13.8 Å². The van der Waals surface area contributed by atoms with E-state index in [2.05, 4.69) is 5.32 Å². The fourth-order valence-corrected chi connectivity index (χ4v) is 2.13. The number of hydrogen-bond donors (Lipinski definition) is 1. The fourth-order valence-electron chi connectivity index (χ4n) is 2.13. The lowest BCUT2D eigenvalue weighted by molar-refractivity contribution is -0.128. The number of halogens is 1. The molecular formula is C14H17FN2O3. The van der Waals surface area contributed by atoms with Gasteiger partial charge in [0, 0.05) is 0 Å². The summed E-state index contributed by atoms with van der Waals surface area (Å²) in [6.07, 6.45) is 0. The lowest BCUT2D eigenvalue weighted by atomic mass is 10.0. The van der Waals surface area contributed by atoms with E-state index in [0.717, 1.165) is 4.90 Å². The van der Waals surface area contributed by atoms with E-state index >= 15 is 0 Å². The van der Waals surface area contributed by atoms with Gasteiger partial charge in [0.1, 0.15) is 6.04 Å². The van der Waals surface area contributed by atoms with E-state index in [-0.39, 0.29) is 24.1 Å². The van der Waals surface area contributed by atoms with Crippen molar-refractivity contribution in [1.29, 1.82) is 0 Å². The Bertz CT molecular complexity index is 545. The average molecular weight is 280 g/mol. The number of nitrogens with one attached hydrogen (secondary N) is 1. The first-order valence-corrected chi connectivity index (χ1v) is 6.38. The van der Waals surface area contributed by atoms with Crippen molar-refractivity contribution >= 4 is 11.9 Å². The summed E-state index contributed by atoms with van der Waals surface area (Å²) < 4.78 is 18.4. The Kier molecular flexibility index (Phi) is 3.92. The number of ether oxygens (including phenoxy) is 1. The van der Waals surface area contributed by atoms with Crippen LogP contribution in [0.5, 0.6) is 5.75 Å². The molecular weight excluding hydrogens is 263 g/mol. The molecule has 1 aromatic carbocycles. The van der Waals surface area contributed by atoms with E-state index in [1.54, 1.807) is 6.07 Å². The smallest absolute Gasteiger partial charge is 0.325 e. The van der Waals surface area contributed by atoms with Crippen molar-refractivity contribution in [1.82, 2.24) is 10.2 Å². The molecule has 1 heterocycles. The van der Waals surface area contributed by atoms with Crippen LogP contribution < -0.4 is 10.1 Å². The highest BCUT2D eigenvalue weighted by atomic mass is 19.1. The van der Waals surface area contributed by atoms with Crippen molar-refractivity contribution < 1.29 is 18.7 Å². The van der Waals surface area contributed by atoms with Gasteiger partial charge in [0.15, 0.2) is 11.6 Å². The lowest BCUT2D eigenvalue weighted by Gasteiger charge is -2.15. The Morgan fingerprint density at radius 1 is 1.40 bits per heavy atom. The Balaban J connectivity index is 2.16. The highest BCUT2D eigenvalue weighted by Gasteiger charge is 2.39. The van der Waals surface area contributed by atoms with Crippen LogP contribution in [-0.4, -0.2) is 30.0 Å². The van der Waals surface area contributed by atoms with Gasteiger partial charge < -0.3 is 10.1 Å². The molecule has 3 amide bonds. The van der Waals surface area contributed by atoms with Crippen LogP contribution in [0, 0.1) is 11.7 Å². The Morgan fingerprint density at radius 3 is 2.60 bits per heavy atom. The second-order valence-corrected chi connectivity index (χ2v) is 5.06. The molecule has 0 radical (unpaired) electrons. The second kappa shape index (κ2) is 5.48. The summed E-state index contributed by atoms with van der Waals surface area (Å²) in [5, 5.41) is 2.63. The van der Waals surface area contributed by atoms with Gasteiger partial charge in [-0.3, -0.25) is 9.69 Å². The number of hydrogen-bond acceptors (Lipinski definition) is 3. The first kappa shape index (κ1) is 14.3. The maximum absolute atomic E-state index is 13.6. The summed E-state index contributed by atoms with van der Waals surface area (Å²) in [4.78, 5) is 25.0. The Labute approximate surface area is 116 Å². The van der Waals surface area contributed by atoms with Gasteiger partial charge in [-0.1, -0.05) is 19.9 Å². The summed E-state index contributed by atoms with van der Waals surface area (Å²) in [6.45, 7) is 3.77. The molecule has 1 saturated heterocycles. The topological polar surface area (TPSA) is 58.6 Å². The number of rotatable bonds is 4. The maximum atomic E-state index is 13.6. The van der Waals surface area contributed by atoms with Crippen LogP contribution in [0.1, 0.15) is 19.4 Å². The minimum atomic E-state index is -0.516. The second-order valence-electron chi connectivity index (χ2n) is 5.06. The van der Waals surface area contributed by atoms with Crippen LogP contribution in [0.4, 0.5) is 9.18 Å². The largest absolute Gasteiger partial charge is 0.494 e. The molecule has 1 atom stereocenters. The van der Waals surface area contributed by atoms with Crippen LogP contribution in [0.25, 0.3) is 0 Å². The van der Waals surface area contributed by atoms with Gasteiger partial charge in [0.05, 0.1) is 13.7 Å². The van der Waals surface area contributed by atoms with Crippen LogP contribution in [0.15, 0.2) is 18.2 Å². The Morgan fingerprint density at radius 2 is 2.10 bits per heavy atom. The molecule has 5 nitrogen and oxygen atoms in total. The zero-order valence-electron chi connectivity index (χ0n) is 11.6. The number of imide groups is 1. The predicted molar refractivity (Wildman–Crippen MR) is 70.7 cm³/mol. The van der Waals surface area contributed by atoms with Crippen LogP contribution in [-0.2, 0) is 11.3 Å². The molecule has 1 fully saturated rings. The first-order chi connectivity index (χ1) is 9.43. The molecule has 0 saturated carbocycles. The van der Waals surface area contributed by atoms with Gasteiger partial charge in [0.2, 0.25) is 0 Å². The molecule has 1 N–H and O–H groups in total. The number of carbonyl (C=O) groups is 2. The van der Waals surface area contributed by atoms with E-state index in [0.29, 0.717) is 5.56 Å². The van der Waals surface area contributed by atoms with Crippen molar-refractivity contribution in [2.24, 2.45) is 5.92 Å². The standard InChI is InChI=1S/C14H17FN2O3/c1-8(2)12-13(18)17(14(19)16-12)7-9-4-5-11(20-3)10(15)6-9/h4-6,8,12H,7H2,1-3H3,(H,16,19). The Hall–Kier alpha value is -2.11. The summed E-state index contributed by atoms with van der Waals surface area (Å²) in [7, 11) is 1.38. The third kappa shape index (κ3) is 2.59. The lowest BCUT2D eigenvalue weighted by Crippen LogP contribution is -2.34. The molecule has 0 aromatic heterocycles. The van der Waals surface area contributed by atoms with E-state index in [4.69, 9.17) is 4.74 Å². The molecule has 20 heavy (non-hydrogen) atoms. The number of nitrogens with zero attached hydrogens (tertiary/aromatic N) is 1. The summed E-state index contributed by atoms with van der Waals surface area (Å²) in [5.41, 5.74) is 0.538. The van der Waals surface area contributed by atoms with Crippen molar-refractivity contribution in [3.8, 4) is 5.75 Å². The normalized spacial score (nSPS) is 18.6. The van der Waals surface area contributed by atoms with Gasteiger partial charge in [-0.05, 0) is 23.6 Å². The van der Waals surface area contributed by atoms with E-state index in [1.165, 1.54) is 19.2 Å². The summed E-state index contributed by atoms with van der Waals surface area (Å²) in [5.74, 6) is -0.645. The first-order valence-electron chi connectivity index (χ1n) is 6.38. The number of methoxy groups -OCH3 is 1. The van der Waals surface area contributed by atoms with Gasteiger partial charge >= 0.3 is 6.03 Å². The molecule has 1 aromatic rings. The number of amides is 3. The molecule has 0 aliphatic carbocycles. The highest BCUT2D eigenvalue weighted by Crippen LogP contribution is 2.21. The van der Waals surface area contributed by atoms with Crippen LogP contribution in [0.2, 0.25) is 0 Å². The fraction of sp³-hybridized carbons (Fsp3) is 0.429. The van der Waals surface area contributed by atoms with Gasteiger partial charge in [-0.15, -0.1) is 0 Å². The molecule has 2 rings (SSSR count). The molecule has 108 valence electrons. The van der Waals surface area contributed by atoms with Gasteiger partial charge in [-0.25, -0.2) is 9.18 Å². The summed E-state index contributed by atoms with van der Waals surface area (Å²) >= 11 is 0.